The molecule has 7 heteroatoms. The highest BCUT2D eigenvalue weighted by molar-refractivity contribution is 5.88. The summed E-state index contributed by atoms with van der Waals surface area (Å²) in [5.41, 5.74) is 3.96. The van der Waals surface area contributed by atoms with E-state index in [-0.39, 0.29) is 11.5 Å². The number of hydrogen-bond donors (Lipinski definition) is 0. The van der Waals surface area contributed by atoms with Crippen molar-refractivity contribution in [2.24, 2.45) is 0 Å². The summed E-state index contributed by atoms with van der Waals surface area (Å²) in [6.07, 6.45) is 6.17. The Morgan fingerprint density at radius 1 is 0.964 bits per heavy atom. The fraction of sp³-hybridized carbons (Fsp3) is 0.238. The van der Waals surface area contributed by atoms with Crippen LogP contribution in [0.15, 0.2) is 53.7 Å². The lowest BCUT2D eigenvalue weighted by Crippen LogP contribution is -2.36. The maximum absolute atomic E-state index is 13.2. The highest BCUT2D eigenvalue weighted by Gasteiger charge is 2.20. The summed E-state index contributed by atoms with van der Waals surface area (Å²) in [4.78, 5) is 23.9. The van der Waals surface area contributed by atoms with E-state index in [0.29, 0.717) is 5.39 Å². The molecule has 1 fully saturated rings. The van der Waals surface area contributed by atoms with Crippen molar-refractivity contribution in [1.29, 1.82) is 0 Å². The zero-order chi connectivity index (χ0) is 19.3. The maximum atomic E-state index is 13.2. The van der Waals surface area contributed by atoms with Gasteiger partial charge in [-0.2, -0.15) is 9.78 Å². The van der Waals surface area contributed by atoms with Crippen LogP contribution in [0.2, 0.25) is 0 Å². The molecule has 4 aromatic rings. The maximum Gasteiger partial charge on any atom is 0.283 e. The Hall–Kier alpha value is -3.48. The first-order valence-corrected chi connectivity index (χ1v) is 9.38. The summed E-state index contributed by atoms with van der Waals surface area (Å²) in [5, 5.41) is 5.81. The van der Waals surface area contributed by atoms with Gasteiger partial charge >= 0.3 is 0 Å². The minimum absolute atomic E-state index is 0.207. The lowest BCUT2D eigenvalue weighted by atomic mass is 10.1. The summed E-state index contributed by atoms with van der Waals surface area (Å²) in [5.74, 6) is 0.277. The average Bonchev–Trinajstić information content (AvgIpc) is 2.93. The second-order valence-electron chi connectivity index (χ2n) is 7.07. The summed E-state index contributed by atoms with van der Waals surface area (Å²) in [6, 6.07) is 10.2. The SMILES string of the molecule is Cc1c2cnn(-c3ncccn3)c(=O)c2c(C)n1-c1cccc(N2CCC2)c1. The van der Waals surface area contributed by atoms with Crippen LogP contribution in [0, 0.1) is 13.8 Å². The van der Waals surface area contributed by atoms with Gasteiger partial charge in [0.15, 0.2) is 0 Å². The van der Waals surface area contributed by atoms with Gasteiger partial charge in [0.05, 0.1) is 11.6 Å². The molecule has 0 amide bonds. The van der Waals surface area contributed by atoms with E-state index in [4.69, 9.17) is 0 Å². The summed E-state index contributed by atoms with van der Waals surface area (Å²) < 4.78 is 3.39. The van der Waals surface area contributed by atoms with E-state index in [1.807, 2.05) is 13.8 Å². The van der Waals surface area contributed by atoms with Crippen LogP contribution in [0.25, 0.3) is 22.4 Å². The molecule has 1 aliphatic heterocycles. The minimum Gasteiger partial charge on any atom is -0.371 e. The Labute approximate surface area is 161 Å². The molecular formula is C21H20N6O. The molecule has 0 unspecified atom stereocenters. The third-order valence-corrected chi connectivity index (χ3v) is 5.45. The van der Waals surface area contributed by atoms with Gasteiger partial charge in [0.2, 0.25) is 0 Å². The van der Waals surface area contributed by atoms with Crippen molar-refractivity contribution in [2.75, 3.05) is 18.0 Å². The molecule has 0 saturated carbocycles. The van der Waals surface area contributed by atoms with Crippen LogP contribution in [0.5, 0.6) is 0 Å². The van der Waals surface area contributed by atoms with Gasteiger partial charge in [-0.3, -0.25) is 4.79 Å². The molecule has 0 aliphatic carbocycles. The Morgan fingerprint density at radius 3 is 2.43 bits per heavy atom. The molecule has 0 N–H and O–H groups in total. The van der Waals surface area contributed by atoms with E-state index in [9.17, 15) is 4.79 Å². The lowest BCUT2D eigenvalue weighted by Gasteiger charge is -2.33. The van der Waals surface area contributed by atoms with Gasteiger partial charge in [-0.15, -0.1) is 0 Å². The van der Waals surface area contributed by atoms with Crippen molar-refractivity contribution in [1.82, 2.24) is 24.3 Å². The second-order valence-corrected chi connectivity index (χ2v) is 7.07. The highest BCUT2D eigenvalue weighted by Crippen LogP contribution is 2.29. The predicted octanol–water partition coefficient (Wildman–Crippen LogP) is 2.79. The van der Waals surface area contributed by atoms with E-state index >= 15 is 0 Å². The molecule has 140 valence electrons. The molecule has 1 aliphatic rings. The predicted molar refractivity (Wildman–Crippen MR) is 109 cm³/mol. The minimum atomic E-state index is -0.207. The van der Waals surface area contributed by atoms with Crippen molar-refractivity contribution in [3.63, 3.8) is 0 Å². The molecule has 7 nitrogen and oxygen atoms in total. The third kappa shape index (κ3) is 2.43. The molecule has 1 aromatic carbocycles. The van der Waals surface area contributed by atoms with Crippen LogP contribution in [-0.4, -0.2) is 37.4 Å². The largest absolute Gasteiger partial charge is 0.371 e. The number of fused-ring (bicyclic) bond motifs is 1. The quantitative estimate of drug-likeness (QED) is 0.553. The van der Waals surface area contributed by atoms with Gasteiger partial charge in [0.25, 0.3) is 11.5 Å². The third-order valence-electron chi connectivity index (χ3n) is 5.45. The van der Waals surface area contributed by atoms with Gasteiger partial charge in [0.1, 0.15) is 0 Å². The molecule has 1 saturated heterocycles. The summed E-state index contributed by atoms with van der Waals surface area (Å²) in [6.45, 7) is 6.20. The van der Waals surface area contributed by atoms with Crippen LogP contribution in [-0.2, 0) is 0 Å². The van der Waals surface area contributed by atoms with Crippen molar-refractivity contribution in [2.45, 2.75) is 20.3 Å². The molecule has 3 aromatic heterocycles. The van der Waals surface area contributed by atoms with E-state index in [1.165, 1.54) is 16.8 Å². The van der Waals surface area contributed by atoms with Crippen molar-refractivity contribution >= 4 is 16.5 Å². The summed E-state index contributed by atoms with van der Waals surface area (Å²) >= 11 is 0. The van der Waals surface area contributed by atoms with Gasteiger partial charge < -0.3 is 9.47 Å². The van der Waals surface area contributed by atoms with Crippen molar-refractivity contribution < 1.29 is 0 Å². The van der Waals surface area contributed by atoms with Crippen LogP contribution in [0.3, 0.4) is 0 Å². The molecule has 0 spiro atoms. The lowest BCUT2D eigenvalue weighted by molar-refractivity contribution is 0.617. The normalized spacial score (nSPS) is 13.7. The molecule has 5 rings (SSSR count). The molecular weight excluding hydrogens is 352 g/mol. The first-order valence-electron chi connectivity index (χ1n) is 9.38. The van der Waals surface area contributed by atoms with Gasteiger partial charge in [-0.25, -0.2) is 9.97 Å². The van der Waals surface area contributed by atoms with Crippen LogP contribution in [0.1, 0.15) is 17.8 Å². The topological polar surface area (TPSA) is 68.8 Å². The fourth-order valence-corrected chi connectivity index (χ4v) is 3.89. The average molecular weight is 372 g/mol. The van der Waals surface area contributed by atoms with Gasteiger partial charge in [0, 0.05) is 53.6 Å². The number of nitrogens with zero attached hydrogens (tertiary/aromatic N) is 6. The van der Waals surface area contributed by atoms with Crippen molar-refractivity contribution in [3.8, 4) is 11.6 Å². The molecule has 0 atom stereocenters. The monoisotopic (exact) mass is 372 g/mol. The molecule has 0 radical (unpaired) electrons. The van der Waals surface area contributed by atoms with Crippen LogP contribution in [0.4, 0.5) is 5.69 Å². The van der Waals surface area contributed by atoms with E-state index in [0.717, 1.165) is 35.6 Å². The van der Waals surface area contributed by atoms with Gasteiger partial charge in [-0.05, 0) is 44.5 Å². The smallest absolute Gasteiger partial charge is 0.283 e. The molecule has 0 bridgehead atoms. The first kappa shape index (κ1) is 16.7. The van der Waals surface area contributed by atoms with Crippen LogP contribution < -0.4 is 10.5 Å². The first-order chi connectivity index (χ1) is 13.6. The van der Waals surface area contributed by atoms with Crippen LogP contribution >= 0.6 is 0 Å². The number of rotatable bonds is 3. The van der Waals surface area contributed by atoms with E-state index < -0.39 is 0 Å². The zero-order valence-electron chi connectivity index (χ0n) is 15.8. The van der Waals surface area contributed by atoms with E-state index in [2.05, 4.69) is 48.8 Å². The Kier molecular flexibility index (Phi) is 3.75. The number of benzene rings is 1. The zero-order valence-corrected chi connectivity index (χ0v) is 15.8. The molecule has 28 heavy (non-hydrogen) atoms. The Morgan fingerprint density at radius 2 is 1.71 bits per heavy atom. The van der Waals surface area contributed by atoms with Crippen molar-refractivity contribution in [3.05, 3.63) is 70.7 Å². The number of aryl methyl sites for hydroxylation is 2. The standard InChI is InChI=1S/C21H20N6O/c1-14-18-13-24-27(21-22-8-4-9-23-21)20(28)19(18)15(2)26(14)17-7-3-6-16(12-17)25-10-5-11-25/h3-4,6-9,12-13H,5,10-11H2,1-2H3. The van der Waals surface area contributed by atoms with E-state index in [1.54, 1.807) is 24.7 Å². The second kappa shape index (κ2) is 6.30. The summed E-state index contributed by atoms with van der Waals surface area (Å²) in [7, 11) is 0. The number of hydrogen-bond acceptors (Lipinski definition) is 5. The molecule has 4 heterocycles. The number of aromatic nitrogens is 5. The van der Waals surface area contributed by atoms with Gasteiger partial charge in [-0.1, -0.05) is 6.07 Å². The number of anilines is 1. The highest BCUT2D eigenvalue weighted by atomic mass is 16.1. The fourth-order valence-electron chi connectivity index (χ4n) is 3.89. The Bertz CT molecular complexity index is 1240. The Balaban J connectivity index is 1.71.